The minimum absolute atomic E-state index is 0.312. The van der Waals surface area contributed by atoms with Gasteiger partial charge in [0.15, 0.2) is 0 Å². The van der Waals surface area contributed by atoms with E-state index >= 15 is 0 Å². The van der Waals surface area contributed by atoms with E-state index in [0.717, 1.165) is 15.9 Å². The highest BCUT2D eigenvalue weighted by Crippen LogP contribution is 1.98. The highest BCUT2D eigenvalue weighted by molar-refractivity contribution is 7.07. The second-order valence-electron chi connectivity index (χ2n) is 2.01. The van der Waals surface area contributed by atoms with Crippen molar-refractivity contribution in [3.8, 4) is 12.3 Å². The third-order valence-electron chi connectivity index (χ3n) is 1.22. The summed E-state index contributed by atoms with van der Waals surface area (Å²) in [5.41, 5.74) is 0.312. The molecule has 0 unspecified atom stereocenters. The van der Waals surface area contributed by atoms with E-state index in [1.165, 1.54) is 5.38 Å². The van der Waals surface area contributed by atoms with Gasteiger partial charge in [-0.3, -0.25) is 14.2 Å². The summed E-state index contributed by atoms with van der Waals surface area (Å²) in [6.45, 7) is -0.373. The van der Waals surface area contributed by atoms with E-state index < -0.39 is 5.97 Å². The fourth-order valence-electron chi connectivity index (χ4n) is 0.729. The lowest BCUT2D eigenvalue weighted by Crippen LogP contribution is -2.20. The van der Waals surface area contributed by atoms with Crippen LogP contribution in [0.15, 0.2) is 10.2 Å². The topological polar surface area (TPSA) is 59.3 Å². The van der Waals surface area contributed by atoms with E-state index in [1.54, 1.807) is 0 Å². The van der Waals surface area contributed by atoms with Crippen LogP contribution in [0.3, 0.4) is 0 Å². The normalized spacial score (nSPS) is 9.25. The van der Waals surface area contributed by atoms with Gasteiger partial charge in [-0.25, -0.2) is 0 Å². The quantitative estimate of drug-likeness (QED) is 0.655. The van der Waals surface area contributed by atoms with Gasteiger partial charge >= 0.3 is 10.8 Å². The summed E-state index contributed by atoms with van der Waals surface area (Å²) in [5.74, 6) is 1.15. The van der Waals surface area contributed by atoms with Crippen LogP contribution in [0, 0.1) is 12.3 Å². The number of hydrogen-bond donors (Lipinski definition) is 1. The van der Waals surface area contributed by atoms with Gasteiger partial charge in [0, 0.05) is 5.38 Å². The molecule has 1 aromatic rings. The van der Waals surface area contributed by atoms with Gasteiger partial charge in [-0.05, 0) is 0 Å². The van der Waals surface area contributed by atoms with Crippen molar-refractivity contribution in [2.45, 2.75) is 6.54 Å². The molecule has 0 aromatic carbocycles. The monoisotopic (exact) mass is 183 g/mol. The molecule has 0 aliphatic heterocycles. The third kappa shape index (κ3) is 1.54. The first-order chi connectivity index (χ1) is 5.65. The number of aromatic nitrogens is 1. The number of nitrogens with zero attached hydrogens (tertiary/aromatic N) is 1. The highest BCUT2D eigenvalue weighted by atomic mass is 32.1. The van der Waals surface area contributed by atoms with E-state index in [1.807, 2.05) is 0 Å². The van der Waals surface area contributed by atoms with Crippen molar-refractivity contribution >= 4 is 17.3 Å². The predicted molar refractivity (Wildman–Crippen MR) is 44.1 cm³/mol. The van der Waals surface area contributed by atoms with Gasteiger partial charge in [-0.15, -0.1) is 6.42 Å². The van der Waals surface area contributed by atoms with Crippen molar-refractivity contribution in [2.75, 3.05) is 0 Å². The van der Waals surface area contributed by atoms with Gasteiger partial charge in [-0.1, -0.05) is 17.3 Å². The molecule has 0 aliphatic rings. The van der Waals surface area contributed by atoms with Crippen LogP contribution in [0.25, 0.3) is 0 Å². The van der Waals surface area contributed by atoms with Gasteiger partial charge in [0.1, 0.15) is 12.2 Å². The Kier molecular flexibility index (Phi) is 2.31. The van der Waals surface area contributed by atoms with Crippen LogP contribution >= 0.6 is 11.3 Å². The summed E-state index contributed by atoms with van der Waals surface area (Å²) in [4.78, 5) is 20.9. The second-order valence-corrected chi connectivity index (χ2v) is 2.83. The van der Waals surface area contributed by atoms with Crippen LogP contribution < -0.4 is 4.87 Å². The van der Waals surface area contributed by atoms with Crippen LogP contribution in [0.1, 0.15) is 5.69 Å². The molecule has 0 atom stereocenters. The SMILES string of the molecule is C#Cc1csc(=O)n1CC(=O)O. The fraction of sp³-hybridized carbons (Fsp3) is 0.143. The highest BCUT2D eigenvalue weighted by Gasteiger charge is 2.07. The lowest BCUT2D eigenvalue weighted by molar-refractivity contribution is -0.137. The average molecular weight is 183 g/mol. The van der Waals surface area contributed by atoms with Gasteiger partial charge in [0.25, 0.3) is 0 Å². The maximum Gasteiger partial charge on any atom is 0.323 e. The van der Waals surface area contributed by atoms with Crippen LogP contribution in [0.2, 0.25) is 0 Å². The molecule has 1 heterocycles. The Hall–Kier alpha value is -1.54. The molecule has 0 saturated heterocycles. The second kappa shape index (κ2) is 3.24. The number of rotatable bonds is 2. The van der Waals surface area contributed by atoms with E-state index in [4.69, 9.17) is 11.5 Å². The molecule has 12 heavy (non-hydrogen) atoms. The Balaban J connectivity index is 3.13. The smallest absolute Gasteiger partial charge is 0.323 e. The van der Waals surface area contributed by atoms with E-state index in [9.17, 15) is 9.59 Å². The maximum absolute atomic E-state index is 11.0. The molecule has 1 aromatic heterocycles. The summed E-state index contributed by atoms with van der Waals surface area (Å²) < 4.78 is 1.05. The summed E-state index contributed by atoms with van der Waals surface area (Å²) in [5, 5.41) is 9.87. The summed E-state index contributed by atoms with van der Waals surface area (Å²) in [6.07, 6.45) is 5.04. The van der Waals surface area contributed by atoms with E-state index in [-0.39, 0.29) is 11.4 Å². The van der Waals surface area contributed by atoms with Gasteiger partial charge in [0.2, 0.25) is 0 Å². The van der Waals surface area contributed by atoms with Gasteiger partial charge < -0.3 is 5.11 Å². The lowest BCUT2D eigenvalue weighted by Gasteiger charge is -1.96. The number of carboxylic acid groups (broad SMARTS) is 1. The van der Waals surface area contributed by atoms with Crippen LogP contribution in [0.5, 0.6) is 0 Å². The molecular weight excluding hydrogens is 178 g/mol. The summed E-state index contributed by atoms with van der Waals surface area (Å²) in [7, 11) is 0. The maximum atomic E-state index is 11.0. The average Bonchev–Trinajstić information content (AvgIpc) is 2.32. The molecule has 0 aliphatic carbocycles. The van der Waals surface area contributed by atoms with Crippen molar-refractivity contribution < 1.29 is 9.90 Å². The summed E-state index contributed by atoms with van der Waals surface area (Å²) >= 11 is 0.899. The molecule has 0 saturated carbocycles. The molecule has 0 fully saturated rings. The zero-order valence-corrected chi connectivity index (χ0v) is 6.80. The molecule has 0 amide bonds. The largest absolute Gasteiger partial charge is 0.480 e. The van der Waals surface area contributed by atoms with Crippen LogP contribution in [-0.2, 0) is 11.3 Å². The number of hydrogen-bond acceptors (Lipinski definition) is 3. The molecule has 5 heteroatoms. The van der Waals surface area contributed by atoms with Crippen molar-refractivity contribution in [2.24, 2.45) is 0 Å². The first-order valence-corrected chi connectivity index (χ1v) is 3.90. The zero-order valence-electron chi connectivity index (χ0n) is 5.98. The molecule has 0 spiro atoms. The molecule has 0 bridgehead atoms. The molecule has 1 N–H and O–H groups in total. The molecule has 1 rings (SSSR count). The molecule has 4 nitrogen and oxygen atoms in total. The standard InChI is InChI=1S/C7H5NO3S/c1-2-5-4-12-7(11)8(5)3-6(9)10/h1,4H,3H2,(H,9,10). The first-order valence-electron chi connectivity index (χ1n) is 3.02. The first kappa shape index (κ1) is 8.56. The Bertz CT molecular complexity index is 396. The third-order valence-corrected chi connectivity index (χ3v) is 1.99. The fourth-order valence-corrected chi connectivity index (χ4v) is 1.43. The number of carbonyl (C=O) groups is 1. The van der Waals surface area contributed by atoms with Gasteiger partial charge in [-0.2, -0.15) is 0 Å². The minimum Gasteiger partial charge on any atom is -0.480 e. The van der Waals surface area contributed by atoms with Gasteiger partial charge in [0.05, 0.1) is 0 Å². The lowest BCUT2D eigenvalue weighted by atomic mass is 10.5. The zero-order chi connectivity index (χ0) is 9.14. The molecule has 0 radical (unpaired) electrons. The molecule has 62 valence electrons. The number of terminal acetylenes is 1. The van der Waals surface area contributed by atoms with Crippen molar-refractivity contribution in [1.29, 1.82) is 0 Å². The van der Waals surface area contributed by atoms with Crippen LogP contribution in [-0.4, -0.2) is 15.6 Å². The number of thiazole rings is 1. The number of aliphatic carboxylic acids is 1. The van der Waals surface area contributed by atoms with Crippen molar-refractivity contribution in [3.63, 3.8) is 0 Å². The Morgan fingerprint density at radius 1 is 1.83 bits per heavy atom. The Morgan fingerprint density at radius 2 is 2.50 bits per heavy atom. The predicted octanol–water partition coefficient (Wildman–Crippen LogP) is -0.0243. The van der Waals surface area contributed by atoms with E-state index in [2.05, 4.69) is 5.92 Å². The van der Waals surface area contributed by atoms with Crippen molar-refractivity contribution in [1.82, 2.24) is 4.57 Å². The van der Waals surface area contributed by atoms with Crippen LogP contribution in [0.4, 0.5) is 0 Å². The number of carboxylic acids is 1. The van der Waals surface area contributed by atoms with Crippen molar-refractivity contribution in [3.05, 3.63) is 20.7 Å². The molecular formula is C7H5NO3S. The Morgan fingerprint density at radius 3 is 3.00 bits per heavy atom. The minimum atomic E-state index is -1.08. The summed E-state index contributed by atoms with van der Waals surface area (Å²) in [6, 6.07) is 0. The van der Waals surface area contributed by atoms with E-state index in [0.29, 0.717) is 5.69 Å². The Labute approximate surface area is 72.1 Å².